The van der Waals surface area contributed by atoms with Crippen molar-refractivity contribution in [1.82, 2.24) is 9.78 Å². The van der Waals surface area contributed by atoms with Crippen molar-refractivity contribution in [2.24, 2.45) is 7.05 Å². The Morgan fingerprint density at radius 3 is 2.83 bits per heavy atom. The smallest absolute Gasteiger partial charge is 0.281 e. The SMILES string of the molecule is Cn1nccc1-c1cccc2c1C(O)C(F)(F)C2. The molecule has 0 spiro atoms. The normalized spacial score (nSPS) is 21.0. The molecule has 0 radical (unpaired) electrons. The first kappa shape index (κ1) is 11.3. The van der Waals surface area contributed by atoms with E-state index >= 15 is 0 Å². The van der Waals surface area contributed by atoms with Crippen LogP contribution in [-0.2, 0) is 13.5 Å². The first-order valence-electron chi connectivity index (χ1n) is 5.67. The molecule has 94 valence electrons. The number of fused-ring (bicyclic) bond motifs is 1. The van der Waals surface area contributed by atoms with Gasteiger partial charge in [0, 0.05) is 25.2 Å². The molecule has 3 rings (SSSR count). The fourth-order valence-corrected chi connectivity index (χ4v) is 2.51. The van der Waals surface area contributed by atoms with Crippen molar-refractivity contribution >= 4 is 0 Å². The molecule has 0 bridgehead atoms. The second-order valence-electron chi connectivity index (χ2n) is 4.56. The van der Waals surface area contributed by atoms with Gasteiger partial charge in [0.1, 0.15) is 6.10 Å². The van der Waals surface area contributed by atoms with Crippen molar-refractivity contribution in [2.75, 3.05) is 0 Å². The standard InChI is InChI=1S/C13H12F2N2O/c1-17-10(5-6-16-17)9-4-2-3-8-7-13(14,15)12(18)11(8)9/h2-6,12,18H,7H2,1H3. The fraction of sp³-hybridized carbons (Fsp3) is 0.308. The number of hydrogen-bond donors (Lipinski definition) is 1. The van der Waals surface area contributed by atoms with Crippen LogP contribution < -0.4 is 0 Å². The molecule has 0 saturated heterocycles. The summed E-state index contributed by atoms with van der Waals surface area (Å²) in [7, 11) is 1.74. The van der Waals surface area contributed by atoms with Crippen molar-refractivity contribution in [3.8, 4) is 11.3 Å². The van der Waals surface area contributed by atoms with Gasteiger partial charge in [0.25, 0.3) is 5.92 Å². The summed E-state index contributed by atoms with van der Waals surface area (Å²) in [6, 6.07) is 6.86. The molecular formula is C13H12F2N2O. The maximum absolute atomic E-state index is 13.6. The first-order valence-corrected chi connectivity index (χ1v) is 5.67. The molecule has 2 aromatic rings. The van der Waals surface area contributed by atoms with Crippen LogP contribution in [0.15, 0.2) is 30.5 Å². The topological polar surface area (TPSA) is 38.0 Å². The van der Waals surface area contributed by atoms with Gasteiger partial charge in [-0.25, -0.2) is 8.78 Å². The van der Waals surface area contributed by atoms with Gasteiger partial charge in [-0.1, -0.05) is 18.2 Å². The number of aromatic nitrogens is 2. The molecule has 1 aromatic heterocycles. The van der Waals surface area contributed by atoms with Gasteiger partial charge in [-0.3, -0.25) is 4.68 Å². The minimum atomic E-state index is -3.09. The Kier molecular flexibility index (Phi) is 2.28. The molecule has 1 aliphatic carbocycles. The van der Waals surface area contributed by atoms with E-state index in [1.54, 1.807) is 42.2 Å². The Morgan fingerprint density at radius 1 is 1.39 bits per heavy atom. The molecule has 18 heavy (non-hydrogen) atoms. The molecular weight excluding hydrogens is 238 g/mol. The molecule has 0 fully saturated rings. The lowest BCUT2D eigenvalue weighted by Gasteiger charge is -2.15. The third-order valence-corrected chi connectivity index (χ3v) is 3.39. The Labute approximate surface area is 103 Å². The molecule has 1 atom stereocenters. The Hall–Kier alpha value is -1.75. The molecule has 0 amide bonds. The van der Waals surface area contributed by atoms with E-state index in [9.17, 15) is 13.9 Å². The predicted octanol–water partition coefficient (Wildman–Crippen LogP) is 2.31. The number of halogens is 2. The lowest BCUT2D eigenvalue weighted by atomic mass is 9.99. The monoisotopic (exact) mass is 250 g/mol. The summed E-state index contributed by atoms with van der Waals surface area (Å²) in [4.78, 5) is 0. The van der Waals surface area contributed by atoms with Gasteiger partial charge in [0.15, 0.2) is 0 Å². The molecule has 1 aromatic carbocycles. The summed E-state index contributed by atoms with van der Waals surface area (Å²) in [6.45, 7) is 0. The van der Waals surface area contributed by atoms with E-state index in [1.165, 1.54) is 0 Å². The van der Waals surface area contributed by atoms with Crippen molar-refractivity contribution in [1.29, 1.82) is 0 Å². The van der Waals surface area contributed by atoms with E-state index in [2.05, 4.69) is 5.10 Å². The van der Waals surface area contributed by atoms with E-state index in [4.69, 9.17) is 0 Å². The number of aryl methyl sites for hydroxylation is 1. The summed E-state index contributed by atoms with van der Waals surface area (Å²) in [5, 5.41) is 13.8. The third-order valence-electron chi connectivity index (χ3n) is 3.39. The number of aliphatic hydroxyl groups excluding tert-OH is 1. The van der Waals surface area contributed by atoms with Crippen LogP contribution in [0.1, 0.15) is 17.2 Å². The molecule has 1 N–H and O–H groups in total. The van der Waals surface area contributed by atoms with Crippen LogP contribution in [0.5, 0.6) is 0 Å². The number of aliphatic hydroxyl groups is 1. The highest BCUT2D eigenvalue weighted by Gasteiger charge is 2.47. The minimum absolute atomic E-state index is 0.325. The second-order valence-corrected chi connectivity index (χ2v) is 4.56. The third kappa shape index (κ3) is 1.47. The van der Waals surface area contributed by atoms with Crippen molar-refractivity contribution < 1.29 is 13.9 Å². The average Bonchev–Trinajstić information content (AvgIpc) is 2.82. The van der Waals surface area contributed by atoms with Gasteiger partial charge in [-0.2, -0.15) is 5.10 Å². The van der Waals surface area contributed by atoms with E-state index in [0.29, 0.717) is 16.7 Å². The number of nitrogens with zero attached hydrogens (tertiary/aromatic N) is 2. The maximum Gasteiger partial charge on any atom is 0.281 e. The van der Waals surface area contributed by atoms with Crippen LogP contribution in [0.25, 0.3) is 11.3 Å². The number of benzene rings is 1. The first-order chi connectivity index (χ1) is 8.50. The lowest BCUT2D eigenvalue weighted by Crippen LogP contribution is -2.21. The van der Waals surface area contributed by atoms with Crippen LogP contribution in [0.3, 0.4) is 0 Å². The number of rotatable bonds is 1. The Bertz CT molecular complexity index is 607. The van der Waals surface area contributed by atoms with Crippen molar-refractivity contribution in [3.63, 3.8) is 0 Å². The van der Waals surface area contributed by atoms with Gasteiger partial charge in [0.2, 0.25) is 0 Å². The highest BCUT2D eigenvalue weighted by Crippen LogP contribution is 2.46. The van der Waals surface area contributed by atoms with Crippen molar-refractivity contribution in [2.45, 2.75) is 18.4 Å². The zero-order chi connectivity index (χ0) is 12.9. The van der Waals surface area contributed by atoms with Crippen LogP contribution in [0.4, 0.5) is 8.78 Å². The van der Waals surface area contributed by atoms with E-state index in [1.807, 2.05) is 0 Å². The minimum Gasteiger partial charge on any atom is -0.382 e. The molecule has 0 saturated carbocycles. The zero-order valence-corrected chi connectivity index (χ0v) is 9.77. The van der Waals surface area contributed by atoms with Crippen LogP contribution in [0.2, 0.25) is 0 Å². The van der Waals surface area contributed by atoms with Gasteiger partial charge >= 0.3 is 0 Å². The molecule has 5 heteroatoms. The van der Waals surface area contributed by atoms with Crippen LogP contribution in [-0.4, -0.2) is 20.8 Å². The lowest BCUT2D eigenvalue weighted by molar-refractivity contribution is -0.0966. The average molecular weight is 250 g/mol. The Morgan fingerprint density at radius 2 is 2.17 bits per heavy atom. The quantitative estimate of drug-likeness (QED) is 0.843. The Balaban J connectivity index is 2.22. The highest BCUT2D eigenvalue weighted by atomic mass is 19.3. The van der Waals surface area contributed by atoms with Crippen molar-refractivity contribution in [3.05, 3.63) is 41.6 Å². The summed E-state index contributed by atoms with van der Waals surface area (Å²) in [6.07, 6.45) is -0.540. The number of hydrogen-bond acceptors (Lipinski definition) is 2. The maximum atomic E-state index is 13.6. The van der Waals surface area contributed by atoms with E-state index in [-0.39, 0.29) is 0 Å². The second kappa shape index (κ2) is 3.62. The fourth-order valence-electron chi connectivity index (χ4n) is 2.51. The molecule has 1 heterocycles. The zero-order valence-electron chi connectivity index (χ0n) is 9.77. The predicted molar refractivity (Wildman–Crippen MR) is 62.3 cm³/mol. The van der Waals surface area contributed by atoms with Gasteiger partial charge in [-0.15, -0.1) is 0 Å². The van der Waals surface area contributed by atoms with Crippen LogP contribution in [0, 0.1) is 0 Å². The summed E-state index contributed by atoms with van der Waals surface area (Å²) in [5.41, 5.74) is 2.18. The van der Waals surface area contributed by atoms with Crippen LogP contribution >= 0.6 is 0 Å². The summed E-state index contributed by atoms with van der Waals surface area (Å²) in [5.74, 6) is -3.09. The van der Waals surface area contributed by atoms with Gasteiger partial charge < -0.3 is 5.11 Å². The largest absolute Gasteiger partial charge is 0.382 e. The van der Waals surface area contributed by atoms with E-state index < -0.39 is 18.4 Å². The molecule has 1 aliphatic rings. The summed E-state index contributed by atoms with van der Waals surface area (Å²) >= 11 is 0. The summed E-state index contributed by atoms with van der Waals surface area (Å²) < 4.78 is 28.8. The molecule has 0 aliphatic heterocycles. The van der Waals surface area contributed by atoms with Gasteiger partial charge in [0.05, 0.1) is 5.69 Å². The molecule has 3 nitrogen and oxygen atoms in total. The van der Waals surface area contributed by atoms with Gasteiger partial charge in [-0.05, 0) is 17.2 Å². The number of alkyl halides is 2. The van der Waals surface area contributed by atoms with E-state index in [0.717, 1.165) is 5.69 Å². The highest BCUT2D eigenvalue weighted by molar-refractivity contribution is 5.68. The molecule has 1 unspecified atom stereocenters.